The van der Waals surface area contributed by atoms with E-state index in [1.165, 1.54) is 6.07 Å². The zero-order valence-corrected chi connectivity index (χ0v) is 11.1. The van der Waals surface area contributed by atoms with Gasteiger partial charge in [0.1, 0.15) is 5.82 Å². The number of hydrogen-bond acceptors (Lipinski definition) is 1. The third-order valence-electron chi connectivity index (χ3n) is 3.55. The van der Waals surface area contributed by atoms with Crippen LogP contribution in [-0.2, 0) is 6.54 Å². The fourth-order valence-corrected chi connectivity index (χ4v) is 2.41. The quantitative estimate of drug-likeness (QED) is 0.687. The van der Waals surface area contributed by atoms with Crippen LogP contribution in [0.4, 0.5) is 4.39 Å². The summed E-state index contributed by atoms with van der Waals surface area (Å²) in [6.45, 7) is 2.58. The van der Waals surface area contributed by atoms with E-state index in [1.54, 1.807) is 6.07 Å². The average Bonchev–Trinajstić information content (AvgIpc) is 2.84. The van der Waals surface area contributed by atoms with Crippen molar-refractivity contribution in [2.45, 2.75) is 13.5 Å². The van der Waals surface area contributed by atoms with Crippen LogP contribution in [0.25, 0.3) is 10.9 Å². The van der Waals surface area contributed by atoms with Crippen molar-refractivity contribution in [3.63, 3.8) is 0 Å². The van der Waals surface area contributed by atoms with E-state index in [0.29, 0.717) is 12.1 Å². The van der Waals surface area contributed by atoms with Crippen LogP contribution in [0.3, 0.4) is 0 Å². The maximum absolute atomic E-state index is 13.1. The predicted molar refractivity (Wildman–Crippen MR) is 76.9 cm³/mol. The Morgan fingerprint density at radius 3 is 2.75 bits per heavy atom. The maximum Gasteiger partial charge on any atom is 0.123 e. The van der Waals surface area contributed by atoms with E-state index < -0.39 is 0 Å². The van der Waals surface area contributed by atoms with Gasteiger partial charge in [0.25, 0.3) is 0 Å². The molecule has 0 saturated heterocycles. The van der Waals surface area contributed by atoms with Crippen molar-refractivity contribution in [2.24, 2.45) is 0 Å². The third kappa shape index (κ3) is 2.17. The van der Waals surface area contributed by atoms with E-state index >= 15 is 0 Å². The van der Waals surface area contributed by atoms with Gasteiger partial charge < -0.3 is 4.57 Å². The van der Waals surface area contributed by atoms with Gasteiger partial charge in [-0.3, -0.25) is 0 Å². The lowest BCUT2D eigenvalue weighted by atomic mass is 10.1. The Bertz CT molecular complexity index is 825. The number of nitrogens with zero attached hydrogens (tertiary/aromatic N) is 2. The Morgan fingerprint density at radius 2 is 2.00 bits per heavy atom. The number of fused-ring (bicyclic) bond motifs is 1. The molecule has 0 atom stereocenters. The lowest BCUT2D eigenvalue weighted by Crippen LogP contribution is -2.00. The van der Waals surface area contributed by atoms with Gasteiger partial charge in [-0.1, -0.05) is 12.1 Å². The predicted octanol–water partition coefficient (Wildman–Crippen LogP) is 4.01. The molecule has 0 aliphatic carbocycles. The van der Waals surface area contributed by atoms with Crippen LogP contribution in [0.2, 0.25) is 0 Å². The molecule has 0 radical (unpaired) electrons. The number of nitriles is 1. The molecule has 0 N–H and O–H groups in total. The van der Waals surface area contributed by atoms with Crippen molar-refractivity contribution in [2.75, 3.05) is 0 Å². The summed E-state index contributed by atoms with van der Waals surface area (Å²) in [4.78, 5) is 0. The Hall–Kier alpha value is -2.60. The molecule has 0 fully saturated rings. The van der Waals surface area contributed by atoms with Crippen molar-refractivity contribution < 1.29 is 4.39 Å². The van der Waals surface area contributed by atoms with Gasteiger partial charge in [0, 0.05) is 18.3 Å². The van der Waals surface area contributed by atoms with E-state index in [0.717, 1.165) is 22.0 Å². The molecule has 3 heteroatoms. The number of benzene rings is 2. The molecule has 0 saturated carbocycles. The van der Waals surface area contributed by atoms with Gasteiger partial charge in [-0.05, 0) is 53.8 Å². The summed E-state index contributed by atoms with van der Waals surface area (Å²) in [6.07, 6.45) is 1.99. The van der Waals surface area contributed by atoms with Crippen LogP contribution < -0.4 is 0 Å². The Labute approximate surface area is 116 Å². The lowest BCUT2D eigenvalue weighted by Gasteiger charge is -2.09. The monoisotopic (exact) mass is 264 g/mol. The second kappa shape index (κ2) is 4.82. The number of halogens is 1. The van der Waals surface area contributed by atoms with Crippen LogP contribution in [0.5, 0.6) is 0 Å². The summed E-state index contributed by atoms with van der Waals surface area (Å²) in [6, 6.07) is 14.7. The minimum Gasteiger partial charge on any atom is -0.343 e. The summed E-state index contributed by atoms with van der Waals surface area (Å²) in [5.41, 5.74) is 3.68. The summed E-state index contributed by atoms with van der Waals surface area (Å²) in [5.74, 6) is -0.213. The van der Waals surface area contributed by atoms with Crippen molar-refractivity contribution in [3.05, 3.63) is 71.2 Å². The molecule has 0 aliphatic heterocycles. The van der Waals surface area contributed by atoms with Crippen molar-refractivity contribution in [3.8, 4) is 6.07 Å². The normalized spacial score (nSPS) is 10.7. The average molecular weight is 264 g/mol. The minimum absolute atomic E-state index is 0.213. The van der Waals surface area contributed by atoms with Gasteiger partial charge in [0.05, 0.1) is 11.6 Å². The van der Waals surface area contributed by atoms with Gasteiger partial charge in [-0.25, -0.2) is 4.39 Å². The first-order valence-corrected chi connectivity index (χ1v) is 6.41. The molecule has 1 aromatic heterocycles. The third-order valence-corrected chi connectivity index (χ3v) is 3.55. The van der Waals surface area contributed by atoms with E-state index in [4.69, 9.17) is 5.26 Å². The van der Waals surface area contributed by atoms with Gasteiger partial charge in [0.15, 0.2) is 0 Å². The summed E-state index contributed by atoms with van der Waals surface area (Å²) < 4.78 is 15.2. The van der Waals surface area contributed by atoms with Crippen LogP contribution >= 0.6 is 0 Å². The fourth-order valence-electron chi connectivity index (χ4n) is 2.41. The molecule has 2 nitrogen and oxygen atoms in total. The molecule has 20 heavy (non-hydrogen) atoms. The SMILES string of the molecule is Cc1cc(F)ccc1Cn1ccc2ccc(C#N)cc21. The van der Waals surface area contributed by atoms with Crippen molar-refractivity contribution in [1.82, 2.24) is 4.57 Å². The molecule has 3 aromatic rings. The summed E-state index contributed by atoms with van der Waals surface area (Å²) >= 11 is 0. The summed E-state index contributed by atoms with van der Waals surface area (Å²) in [7, 11) is 0. The Kier molecular flexibility index (Phi) is 3.00. The summed E-state index contributed by atoms with van der Waals surface area (Å²) in [5, 5.41) is 10.1. The Morgan fingerprint density at radius 1 is 1.15 bits per heavy atom. The van der Waals surface area contributed by atoms with Gasteiger partial charge in [0.2, 0.25) is 0 Å². The van der Waals surface area contributed by atoms with Crippen LogP contribution in [0.15, 0.2) is 48.7 Å². The number of rotatable bonds is 2. The topological polar surface area (TPSA) is 28.7 Å². The lowest BCUT2D eigenvalue weighted by molar-refractivity contribution is 0.625. The zero-order valence-electron chi connectivity index (χ0n) is 11.1. The highest BCUT2D eigenvalue weighted by molar-refractivity contribution is 5.81. The minimum atomic E-state index is -0.213. The molecule has 3 rings (SSSR count). The molecule has 0 unspecified atom stereocenters. The molecule has 0 bridgehead atoms. The molecule has 2 aromatic carbocycles. The highest BCUT2D eigenvalue weighted by atomic mass is 19.1. The van der Waals surface area contributed by atoms with Crippen molar-refractivity contribution in [1.29, 1.82) is 5.26 Å². The smallest absolute Gasteiger partial charge is 0.123 e. The van der Waals surface area contributed by atoms with Crippen LogP contribution in [0, 0.1) is 24.1 Å². The fraction of sp³-hybridized carbons (Fsp3) is 0.118. The van der Waals surface area contributed by atoms with E-state index in [1.807, 2.05) is 43.5 Å². The molecule has 0 spiro atoms. The zero-order chi connectivity index (χ0) is 14.1. The second-order valence-corrected chi connectivity index (χ2v) is 4.90. The van der Waals surface area contributed by atoms with Crippen LogP contribution in [-0.4, -0.2) is 4.57 Å². The molecular formula is C17H13FN2. The van der Waals surface area contributed by atoms with Gasteiger partial charge >= 0.3 is 0 Å². The highest BCUT2D eigenvalue weighted by Crippen LogP contribution is 2.20. The standard InChI is InChI=1S/C17H13FN2/c1-12-8-16(18)5-4-15(12)11-20-7-6-14-3-2-13(10-19)9-17(14)20/h2-9H,11H2,1H3. The first-order chi connectivity index (χ1) is 9.67. The van der Waals surface area contributed by atoms with E-state index in [2.05, 4.69) is 10.6 Å². The Balaban J connectivity index is 2.04. The van der Waals surface area contributed by atoms with E-state index in [9.17, 15) is 4.39 Å². The second-order valence-electron chi connectivity index (χ2n) is 4.90. The molecule has 0 aliphatic rings. The van der Waals surface area contributed by atoms with Crippen LogP contribution in [0.1, 0.15) is 16.7 Å². The molecular weight excluding hydrogens is 251 g/mol. The van der Waals surface area contributed by atoms with Crippen molar-refractivity contribution >= 4 is 10.9 Å². The number of hydrogen-bond donors (Lipinski definition) is 0. The number of aromatic nitrogens is 1. The molecule has 98 valence electrons. The van der Waals surface area contributed by atoms with Gasteiger partial charge in [-0.2, -0.15) is 5.26 Å². The molecule has 0 amide bonds. The highest BCUT2D eigenvalue weighted by Gasteiger charge is 2.05. The number of aryl methyl sites for hydroxylation is 1. The first kappa shape index (κ1) is 12.4. The maximum atomic E-state index is 13.1. The van der Waals surface area contributed by atoms with E-state index in [-0.39, 0.29) is 5.82 Å². The van der Waals surface area contributed by atoms with Gasteiger partial charge in [-0.15, -0.1) is 0 Å². The molecule has 1 heterocycles. The first-order valence-electron chi connectivity index (χ1n) is 6.41. The largest absolute Gasteiger partial charge is 0.343 e.